The second-order valence-corrected chi connectivity index (χ2v) is 9.01. The van der Waals surface area contributed by atoms with Crippen LogP contribution in [0.5, 0.6) is 0 Å². The Morgan fingerprint density at radius 1 is 1.13 bits per heavy atom. The van der Waals surface area contributed by atoms with Crippen molar-refractivity contribution in [2.24, 2.45) is 5.92 Å². The number of hydrogen-bond acceptors (Lipinski definition) is 4. The van der Waals surface area contributed by atoms with Crippen molar-refractivity contribution in [2.45, 2.75) is 32.7 Å². The number of nitrogens with zero attached hydrogens (tertiary/aromatic N) is 4. The zero-order chi connectivity index (χ0) is 20.7. The third-order valence-corrected chi connectivity index (χ3v) is 6.94. The Morgan fingerprint density at radius 2 is 1.90 bits per heavy atom. The molecule has 0 radical (unpaired) electrons. The van der Waals surface area contributed by atoms with Gasteiger partial charge in [0.1, 0.15) is 17.9 Å². The van der Waals surface area contributed by atoms with Crippen LogP contribution in [0.1, 0.15) is 24.2 Å². The zero-order valence-electron chi connectivity index (χ0n) is 17.0. The number of rotatable bonds is 4. The molecule has 7 heteroatoms. The van der Waals surface area contributed by atoms with Gasteiger partial charge in [-0.25, -0.2) is 4.68 Å². The average molecular weight is 421 g/mol. The van der Waals surface area contributed by atoms with E-state index in [9.17, 15) is 9.59 Å². The Balaban J connectivity index is 1.28. The van der Waals surface area contributed by atoms with Crippen molar-refractivity contribution in [1.29, 1.82) is 0 Å². The standard InChI is InChI=1S/C23H24N4O2S/c1-16-24-26(23(29)20-14-21-19(27(16)20)9-12-30-21)15-22(28)25-10-7-18(8-11-25)13-17-5-3-2-4-6-17/h2-6,9,12,14,18H,7-8,10-11,13,15H2,1H3. The lowest BCUT2D eigenvalue weighted by atomic mass is 9.90. The number of aromatic nitrogens is 3. The van der Waals surface area contributed by atoms with Crippen molar-refractivity contribution in [3.05, 3.63) is 69.6 Å². The molecule has 0 saturated carbocycles. The van der Waals surface area contributed by atoms with E-state index in [1.54, 1.807) is 11.3 Å². The summed E-state index contributed by atoms with van der Waals surface area (Å²) in [6, 6.07) is 14.4. The first kappa shape index (κ1) is 19.1. The summed E-state index contributed by atoms with van der Waals surface area (Å²) in [5.74, 6) is 1.29. The quantitative estimate of drug-likeness (QED) is 0.508. The summed E-state index contributed by atoms with van der Waals surface area (Å²) < 4.78 is 4.26. The van der Waals surface area contributed by atoms with Gasteiger partial charge in [0.05, 0.1) is 10.2 Å². The first-order valence-electron chi connectivity index (χ1n) is 10.4. The van der Waals surface area contributed by atoms with Crippen LogP contribution in [0.4, 0.5) is 0 Å². The van der Waals surface area contributed by atoms with Crippen LogP contribution >= 0.6 is 11.3 Å². The minimum Gasteiger partial charge on any atom is -0.341 e. The van der Waals surface area contributed by atoms with Gasteiger partial charge in [-0.3, -0.25) is 14.0 Å². The third kappa shape index (κ3) is 3.43. The van der Waals surface area contributed by atoms with E-state index in [-0.39, 0.29) is 18.0 Å². The molecule has 0 spiro atoms. The number of amides is 1. The number of fused-ring (bicyclic) bond motifs is 3. The van der Waals surface area contributed by atoms with Gasteiger partial charge in [0, 0.05) is 13.1 Å². The molecular weight excluding hydrogens is 396 g/mol. The molecule has 0 bridgehead atoms. The van der Waals surface area contributed by atoms with Crippen molar-refractivity contribution in [1.82, 2.24) is 19.1 Å². The van der Waals surface area contributed by atoms with Crippen molar-refractivity contribution in [2.75, 3.05) is 13.1 Å². The van der Waals surface area contributed by atoms with Gasteiger partial charge in [-0.15, -0.1) is 11.3 Å². The smallest absolute Gasteiger partial charge is 0.291 e. The van der Waals surface area contributed by atoms with Crippen LogP contribution in [0.15, 0.2) is 52.6 Å². The normalized spacial score (nSPS) is 15.3. The summed E-state index contributed by atoms with van der Waals surface area (Å²) in [5.41, 5.74) is 2.72. The molecule has 1 fully saturated rings. The topological polar surface area (TPSA) is 59.6 Å². The SMILES string of the molecule is Cc1nn(CC(=O)N2CCC(Cc3ccccc3)CC2)c(=O)c2cc3sccc3n12. The summed E-state index contributed by atoms with van der Waals surface area (Å²) in [4.78, 5) is 27.7. The average Bonchev–Trinajstić information content (AvgIpc) is 3.34. The number of carbonyl (C=O) groups is 1. The van der Waals surface area contributed by atoms with Crippen molar-refractivity contribution >= 4 is 33.0 Å². The molecule has 4 heterocycles. The van der Waals surface area contributed by atoms with Gasteiger partial charge in [-0.2, -0.15) is 5.10 Å². The van der Waals surface area contributed by atoms with E-state index in [1.807, 2.05) is 39.8 Å². The van der Waals surface area contributed by atoms with Crippen LogP contribution in [0.3, 0.4) is 0 Å². The number of aryl methyl sites for hydroxylation is 1. The van der Waals surface area contributed by atoms with Crippen LogP contribution in [-0.2, 0) is 17.8 Å². The first-order chi connectivity index (χ1) is 14.6. The van der Waals surface area contributed by atoms with Gasteiger partial charge in [0.15, 0.2) is 0 Å². The van der Waals surface area contributed by atoms with E-state index >= 15 is 0 Å². The molecule has 30 heavy (non-hydrogen) atoms. The molecule has 6 nitrogen and oxygen atoms in total. The molecule has 154 valence electrons. The van der Waals surface area contributed by atoms with Gasteiger partial charge in [-0.05, 0) is 55.2 Å². The highest BCUT2D eigenvalue weighted by Crippen LogP contribution is 2.25. The second-order valence-electron chi connectivity index (χ2n) is 8.06. The van der Waals surface area contributed by atoms with Crippen LogP contribution in [0, 0.1) is 12.8 Å². The maximum Gasteiger partial charge on any atom is 0.291 e. The summed E-state index contributed by atoms with van der Waals surface area (Å²) in [7, 11) is 0. The maximum absolute atomic E-state index is 12.9. The van der Waals surface area contributed by atoms with Gasteiger partial charge in [0.2, 0.25) is 5.91 Å². The minimum absolute atomic E-state index is 0.00163. The van der Waals surface area contributed by atoms with Crippen LogP contribution in [0.2, 0.25) is 0 Å². The highest BCUT2D eigenvalue weighted by Gasteiger charge is 2.24. The summed E-state index contributed by atoms with van der Waals surface area (Å²) in [6.45, 7) is 3.36. The van der Waals surface area contributed by atoms with E-state index in [1.165, 1.54) is 10.2 Å². The second kappa shape index (κ2) is 7.72. The van der Waals surface area contributed by atoms with Crippen molar-refractivity contribution in [3.63, 3.8) is 0 Å². The summed E-state index contributed by atoms with van der Waals surface area (Å²) in [5, 5.41) is 6.44. The van der Waals surface area contributed by atoms with Crippen molar-refractivity contribution in [3.8, 4) is 0 Å². The number of carbonyl (C=O) groups excluding carboxylic acids is 1. The lowest BCUT2D eigenvalue weighted by Crippen LogP contribution is -2.42. The van der Waals surface area contributed by atoms with E-state index in [2.05, 4.69) is 29.4 Å². The Hall–Kier alpha value is -2.93. The molecule has 3 aromatic heterocycles. The fourth-order valence-corrected chi connectivity index (χ4v) is 5.30. The van der Waals surface area contributed by atoms with Crippen LogP contribution in [-0.4, -0.2) is 38.1 Å². The molecule has 0 atom stereocenters. The molecule has 1 amide bonds. The van der Waals surface area contributed by atoms with Crippen molar-refractivity contribution < 1.29 is 4.79 Å². The Bertz CT molecular complexity index is 1260. The molecule has 0 unspecified atom stereocenters. The summed E-state index contributed by atoms with van der Waals surface area (Å²) in [6.07, 6.45) is 3.05. The highest BCUT2D eigenvalue weighted by atomic mass is 32.1. The molecule has 0 aliphatic carbocycles. The monoisotopic (exact) mass is 420 g/mol. The Labute approximate surface area is 178 Å². The molecule has 1 aliphatic heterocycles. The number of hydrogen-bond donors (Lipinski definition) is 0. The molecular formula is C23H24N4O2S. The number of thiophene rings is 1. The molecule has 5 rings (SSSR count). The van der Waals surface area contributed by atoms with Gasteiger partial charge in [0.25, 0.3) is 5.56 Å². The minimum atomic E-state index is -0.212. The number of likely N-dealkylation sites (tertiary alicyclic amines) is 1. The fraction of sp³-hybridized carbons (Fsp3) is 0.348. The molecule has 1 aromatic carbocycles. The summed E-state index contributed by atoms with van der Waals surface area (Å²) >= 11 is 1.60. The Morgan fingerprint density at radius 3 is 2.67 bits per heavy atom. The lowest BCUT2D eigenvalue weighted by Gasteiger charge is -2.32. The number of benzene rings is 1. The first-order valence-corrected chi connectivity index (χ1v) is 11.3. The fourth-order valence-electron chi connectivity index (χ4n) is 4.50. The zero-order valence-corrected chi connectivity index (χ0v) is 17.8. The molecule has 1 saturated heterocycles. The van der Waals surface area contributed by atoms with Crippen LogP contribution in [0.25, 0.3) is 15.7 Å². The molecule has 0 N–H and O–H groups in total. The Kier molecular flexibility index (Phi) is 4.90. The predicted octanol–water partition coefficient (Wildman–Crippen LogP) is 3.50. The van der Waals surface area contributed by atoms with E-state index in [0.29, 0.717) is 17.3 Å². The highest BCUT2D eigenvalue weighted by molar-refractivity contribution is 7.17. The van der Waals surface area contributed by atoms with Gasteiger partial charge >= 0.3 is 0 Å². The van der Waals surface area contributed by atoms with E-state index in [4.69, 9.17) is 0 Å². The van der Waals surface area contributed by atoms with Gasteiger partial charge < -0.3 is 4.90 Å². The van der Waals surface area contributed by atoms with Gasteiger partial charge in [-0.1, -0.05) is 30.3 Å². The van der Waals surface area contributed by atoms with E-state index < -0.39 is 0 Å². The maximum atomic E-state index is 12.9. The lowest BCUT2D eigenvalue weighted by molar-refractivity contribution is -0.133. The largest absolute Gasteiger partial charge is 0.341 e. The van der Waals surface area contributed by atoms with Crippen LogP contribution < -0.4 is 5.56 Å². The number of piperidine rings is 1. The third-order valence-electron chi connectivity index (χ3n) is 6.09. The molecule has 1 aliphatic rings. The molecule has 4 aromatic rings. The van der Waals surface area contributed by atoms with E-state index in [0.717, 1.165) is 42.6 Å². The predicted molar refractivity (Wildman–Crippen MR) is 119 cm³/mol.